The lowest BCUT2D eigenvalue weighted by molar-refractivity contribution is 1.09. The van der Waals surface area contributed by atoms with Crippen molar-refractivity contribution in [3.8, 4) is 0 Å². The average Bonchev–Trinajstić information content (AvgIpc) is 2.27. The number of hydrogen-bond donors (Lipinski definition) is 2. The van der Waals surface area contributed by atoms with Crippen LogP contribution in [-0.2, 0) is 0 Å². The number of hydrazine groups is 1. The first-order valence-corrected chi connectivity index (χ1v) is 5.35. The molecule has 2 rings (SSSR count). The Balaban J connectivity index is 2.69. The zero-order valence-electron chi connectivity index (χ0n) is 7.69. The van der Waals surface area contributed by atoms with E-state index >= 15 is 0 Å². The summed E-state index contributed by atoms with van der Waals surface area (Å²) in [6, 6.07) is 7.71. The largest absolute Gasteiger partial charge is 0.306 e. The van der Waals surface area contributed by atoms with Crippen LogP contribution in [0.4, 0.5) is 5.82 Å². The molecule has 0 saturated heterocycles. The fourth-order valence-corrected chi connectivity index (χ4v) is 1.71. The van der Waals surface area contributed by atoms with Gasteiger partial charge in [0.1, 0.15) is 5.03 Å². The van der Waals surface area contributed by atoms with Gasteiger partial charge in [-0.25, -0.2) is 15.8 Å². The number of aromatic nitrogens is 2. The van der Waals surface area contributed by atoms with Gasteiger partial charge in [0.2, 0.25) is 0 Å². The summed E-state index contributed by atoms with van der Waals surface area (Å²) in [6.45, 7) is 0. The van der Waals surface area contributed by atoms with Crippen LogP contribution in [0, 0.1) is 0 Å². The molecule has 0 bridgehead atoms. The number of nitrogens with zero attached hydrogens (tertiary/aromatic N) is 2. The van der Waals surface area contributed by atoms with Crippen LogP contribution in [0.15, 0.2) is 29.3 Å². The maximum Gasteiger partial charge on any atom is 0.173 e. The number of rotatable bonds is 2. The van der Waals surface area contributed by atoms with Gasteiger partial charge in [0.25, 0.3) is 0 Å². The van der Waals surface area contributed by atoms with Crippen LogP contribution in [0.2, 0.25) is 0 Å². The van der Waals surface area contributed by atoms with Crippen LogP contribution < -0.4 is 11.3 Å². The smallest absolute Gasteiger partial charge is 0.173 e. The van der Waals surface area contributed by atoms with E-state index in [0.29, 0.717) is 5.82 Å². The predicted octanol–water partition coefficient (Wildman–Crippen LogP) is 1.64. The highest BCUT2D eigenvalue weighted by molar-refractivity contribution is 7.98. The molecule has 14 heavy (non-hydrogen) atoms. The van der Waals surface area contributed by atoms with Crippen molar-refractivity contribution >= 4 is 28.6 Å². The third-order valence-corrected chi connectivity index (χ3v) is 2.54. The summed E-state index contributed by atoms with van der Waals surface area (Å²) >= 11 is 1.52. The van der Waals surface area contributed by atoms with Crippen LogP contribution in [-0.4, -0.2) is 16.2 Å². The lowest BCUT2D eigenvalue weighted by atomic mass is 10.3. The molecular weight excluding hydrogens is 196 g/mol. The third kappa shape index (κ3) is 1.51. The van der Waals surface area contributed by atoms with Crippen LogP contribution in [0.3, 0.4) is 0 Å². The van der Waals surface area contributed by atoms with Crippen molar-refractivity contribution in [1.29, 1.82) is 0 Å². The molecule has 4 nitrogen and oxygen atoms in total. The maximum atomic E-state index is 5.35. The quantitative estimate of drug-likeness (QED) is 0.444. The van der Waals surface area contributed by atoms with Crippen LogP contribution in [0.25, 0.3) is 11.0 Å². The van der Waals surface area contributed by atoms with Crippen molar-refractivity contribution in [2.45, 2.75) is 5.03 Å². The van der Waals surface area contributed by atoms with E-state index in [4.69, 9.17) is 5.84 Å². The Morgan fingerprint density at radius 1 is 1.21 bits per heavy atom. The fourth-order valence-electron chi connectivity index (χ4n) is 1.22. The van der Waals surface area contributed by atoms with Crippen LogP contribution in [0.5, 0.6) is 0 Å². The second-order valence-electron chi connectivity index (χ2n) is 2.71. The van der Waals surface area contributed by atoms with Crippen molar-refractivity contribution in [3.63, 3.8) is 0 Å². The summed E-state index contributed by atoms with van der Waals surface area (Å²) in [7, 11) is 0. The summed E-state index contributed by atoms with van der Waals surface area (Å²) in [5.74, 6) is 5.97. The number of anilines is 1. The molecule has 0 aliphatic rings. The predicted molar refractivity (Wildman–Crippen MR) is 59.1 cm³/mol. The molecule has 0 atom stereocenters. The highest BCUT2D eigenvalue weighted by atomic mass is 32.2. The minimum absolute atomic E-state index is 0.621. The van der Waals surface area contributed by atoms with Gasteiger partial charge in [-0.2, -0.15) is 0 Å². The lowest BCUT2D eigenvalue weighted by Crippen LogP contribution is -2.10. The van der Waals surface area contributed by atoms with E-state index in [1.165, 1.54) is 11.8 Å². The molecule has 2 aromatic rings. The summed E-state index contributed by atoms with van der Waals surface area (Å²) < 4.78 is 0. The number of benzene rings is 1. The number of nitrogens with two attached hydrogens (primary N) is 1. The summed E-state index contributed by atoms with van der Waals surface area (Å²) in [5.41, 5.74) is 4.27. The Bertz CT molecular complexity index is 415. The first-order valence-electron chi connectivity index (χ1n) is 4.12. The Morgan fingerprint density at radius 3 is 2.43 bits per heavy atom. The van der Waals surface area contributed by atoms with E-state index in [0.717, 1.165) is 16.1 Å². The second-order valence-corrected chi connectivity index (χ2v) is 3.51. The normalized spacial score (nSPS) is 10.4. The van der Waals surface area contributed by atoms with E-state index in [1.807, 2.05) is 30.5 Å². The Labute approximate surface area is 85.9 Å². The van der Waals surface area contributed by atoms with Crippen molar-refractivity contribution in [3.05, 3.63) is 24.3 Å². The molecule has 1 aromatic heterocycles. The monoisotopic (exact) mass is 206 g/mol. The zero-order chi connectivity index (χ0) is 9.97. The molecule has 72 valence electrons. The SMILES string of the molecule is CSc1nc2ccccc2nc1NN. The molecule has 3 N–H and O–H groups in total. The molecule has 0 spiro atoms. The van der Waals surface area contributed by atoms with Gasteiger partial charge in [-0.05, 0) is 18.4 Å². The van der Waals surface area contributed by atoms with Crippen molar-refractivity contribution < 1.29 is 0 Å². The second kappa shape index (κ2) is 3.81. The number of fused-ring (bicyclic) bond motifs is 1. The van der Waals surface area contributed by atoms with E-state index in [9.17, 15) is 0 Å². The fraction of sp³-hybridized carbons (Fsp3) is 0.111. The lowest BCUT2D eigenvalue weighted by Gasteiger charge is -2.05. The first-order chi connectivity index (χ1) is 6.85. The van der Waals surface area contributed by atoms with Crippen molar-refractivity contribution in [2.24, 2.45) is 5.84 Å². The number of nitrogen functional groups attached to an aromatic ring is 1. The van der Waals surface area contributed by atoms with E-state index in [2.05, 4.69) is 15.4 Å². The zero-order valence-corrected chi connectivity index (χ0v) is 8.51. The topological polar surface area (TPSA) is 63.8 Å². The van der Waals surface area contributed by atoms with Crippen LogP contribution in [0.1, 0.15) is 0 Å². The van der Waals surface area contributed by atoms with E-state index in [-0.39, 0.29) is 0 Å². The molecule has 0 radical (unpaired) electrons. The Morgan fingerprint density at radius 2 is 1.86 bits per heavy atom. The van der Waals surface area contributed by atoms with Crippen molar-refractivity contribution in [1.82, 2.24) is 9.97 Å². The molecule has 1 aromatic carbocycles. The summed E-state index contributed by atoms with van der Waals surface area (Å²) in [6.07, 6.45) is 1.94. The highest BCUT2D eigenvalue weighted by Gasteiger charge is 2.05. The summed E-state index contributed by atoms with van der Waals surface area (Å²) in [5, 5.41) is 0.811. The molecule has 0 fully saturated rings. The van der Waals surface area contributed by atoms with Gasteiger partial charge in [-0.15, -0.1) is 11.8 Å². The van der Waals surface area contributed by atoms with Gasteiger partial charge in [-0.1, -0.05) is 12.1 Å². The molecular formula is C9H10N4S. The standard InChI is InChI=1S/C9H10N4S/c1-14-9-8(13-10)11-6-4-2-3-5-7(6)12-9/h2-5H,10H2,1H3,(H,11,13). The molecule has 5 heteroatoms. The van der Waals surface area contributed by atoms with Gasteiger partial charge >= 0.3 is 0 Å². The number of hydrogen-bond acceptors (Lipinski definition) is 5. The van der Waals surface area contributed by atoms with Gasteiger partial charge in [0, 0.05) is 0 Å². The highest BCUT2D eigenvalue weighted by Crippen LogP contribution is 2.23. The minimum Gasteiger partial charge on any atom is -0.306 e. The van der Waals surface area contributed by atoms with E-state index in [1.54, 1.807) is 0 Å². The molecule has 1 heterocycles. The van der Waals surface area contributed by atoms with Gasteiger partial charge in [-0.3, -0.25) is 0 Å². The number of thioether (sulfide) groups is 1. The number of para-hydroxylation sites is 2. The third-order valence-electron chi connectivity index (χ3n) is 1.87. The average molecular weight is 206 g/mol. The Kier molecular flexibility index (Phi) is 2.51. The minimum atomic E-state index is 0.621. The molecule has 0 aliphatic heterocycles. The van der Waals surface area contributed by atoms with E-state index < -0.39 is 0 Å². The molecule has 0 aliphatic carbocycles. The summed E-state index contributed by atoms with van der Waals surface area (Å²) in [4.78, 5) is 8.77. The first kappa shape index (κ1) is 9.23. The maximum absolute atomic E-state index is 5.35. The molecule has 0 unspecified atom stereocenters. The molecule has 0 amide bonds. The van der Waals surface area contributed by atoms with Crippen molar-refractivity contribution in [2.75, 3.05) is 11.7 Å². The molecule has 0 saturated carbocycles. The van der Waals surface area contributed by atoms with Gasteiger partial charge in [0.15, 0.2) is 5.82 Å². The Hall–Kier alpha value is -1.33. The van der Waals surface area contributed by atoms with Gasteiger partial charge < -0.3 is 5.43 Å². The van der Waals surface area contributed by atoms with Gasteiger partial charge in [0.05, 0.1) is 11.0 Å². The van der Waals surface area contributed by atoms with Crippen LogP contribution >= 0.6 is 11.8 Å². The number of nitrogens with one attached hydrogen (secondary N) is 1.